The van der Waals surface area contributed by atoms with Gasteiger partial charge in [0.2, 0.25) is 11.8 Å². The molecule has 0 fully saturated rings. The topological polar surface area (TPSA) is 123 Å². The SMILES string of the molecule is O=C(CCCCC(=O)N/N=C/c1ccc2ccccc2c1O)N/N=C/c1ccc2ccccc2c1O. The van der Waals surface area contributed by atoms with Gasteiger partial charge in [0.05, 0.1) is 12.4 Å². The van der Waals surface area contributed by atoms with Gasteiger partial charge in [-0.05, 0) is 35.7 Å². The molecule has 0 unspecified atom stereocenters. The van der Waals surface area contributed by atoms with E-state index >= 15 is 0 Å². The maximum Gasteiger partial charge on any atom is 0.240 e. The molecule has 0 radical (unpaired) electrons. The summed E-state index contributed by atoms with van der Waals surface area (Å²) in [6.45, 7) is 0. The molecule has 0 saturated heterocycles. The molecule has 0 atom stereocenters. The van der Waals surface area contributed by atoms with Crippen molar-refractivity contribution in [2.45, 2.75) is 25.7 Å². The lowest BCUT2D eigenvalue weighted by Gasteiger charge is -2.05. The molecule has 0 spiro atoms. The van der Waals surface area contributed by atoms with Crippen molar-refractivity contribution >= 4 is 45.8 Å². The minimum Gasteiger partial charge on any atom is -0.507 e. The predicted molar refractivity (Wildman–Crippen MR) is 141 cm³/mol. The Kier molecular flexibility index (Phi) is 7.87. The van der Waals surface area contributed by atoms with E-state index in [0.29, 0.717) is 34.7 Å². The Morgan fingerprint density at radius 2 is 1.06 bits per heavy atom. The Labute approximate surface area is 208 Å². The summed E-state index contributed by atoms with van der Waals surface area (Å²) >= 11 is 0. The number of nitrogens with one attached hydrogen (secondary N) is 2. The molecule has 0 aliphatic carbocycles. The maximum atomic E-state index is 12.0. The molecular formula is C28H26N4O4. The third-order valence-corrected chi connectivity index (χ3v) is 5.71. The fourth-order valence-corrected chi connectivity index (χ4v) is 3.78. The minimum atomic E-state index is -0.281. The summed E-state index contributed by atoms with van der Waals surface area (Å²) in [6.07, 6.45) is 4.23. The second-order valence-corrected chi connectivity index (χ2v) is 8.24. The number of nitrogens with zero attached hydrogens (tertiary/aromatic N) is 2. The molecule has 0 aromatic heterocycles. The Hall–Kier alpha value is -4.72. The van der Waals surface area contributed by atoms with E-state index in [0.717, 1.165) is 10.8 Å². The van der Waals surface area contributed by atoms with Crippen molar-refractivity contribution in [3.05, 3.63) is 83.9 Å². The first-order chi connectivity index (χ1) is 17.5. The van der Waals surface area contributed by atoms with Crippen LogP contribution in [-0.4, -0.2) is 34.5 Å². The van der Waals surface area contributed by atoms with Crippen molar-refractivity contribution in [2.75, 3.05) is 0 Å². The lowest BCUT2D eigenvalue weighted by atomic mass is 10.1. The summed E-state index contributed by atoms with van der Waals surface area (Å²) in [5.74, 6) is -0.348. The van der Waals surface area contributed by atoms with E-state index < -0.39 is 0 Å². The molecule has 2 amide bonds. The summed E-state index contributed by atoms with van der Waals surface area (Å²) in [5, 5.41) is 31.8. The summed E-state index contributed by atoms with van der Waals surface area (Å²) in [7, 11) is 0. The Morgan fingerprint density at radius 1 is 0.639 bits per heavy atom. The number of phenols is 2. The van der Waals surface area contributed by atoms with E-state index in [2.05, 4.69) is 21.1 Å². The van der Waals surface area contributed by atoms with Crippen LogP contribution >= 0.6 is 0 Å². The number of hydrogen-bond donors (Lipinski definition) is 4. The third-order valence-electron chi connectivity index (χ3n) is 5.71. The van der Waals surface area contributed by atoms with Crippen LogP contribution in [0.5, 0.6) is 11.5 Å². The largest absolute Gasteiger partial charge is 0.507 e. The zero-order valence-electron chi connectivity index (χ0n) is 19.5. The predicted octanol–water partition coefficient (Wildman–Crippen LogP) is 4.57. The Balaban J connectivity index is 1.17. The number of unbranched alkanes of at least 4 members (excludes halogenated alkanes) is 1. The fraction of sp³-hybridized carbons (Fsp3) is 0.143. The van der Waals surface area contributed by atoms with Crippen molar-refractivity contribution < 1.29 is 19.8 Å². The van der Waals surface area contributed by atoms with Crippen LogP contribution in [0.1, 0.15) is 36.8 Å². The van der Waals surface area contributed by atoms with E-state index in [4.69, 9.17) is 0 Å². The van der Waals surface area contributed by atoms with Gasteiger partial charge in [0.1, 0.15) is 11.5 Å². The summed E-state index contributed by atoms with van der Waals surface area (Å²) in [6, 6.07) is 22.1. The van der Waals surface area contributed by atoms with Crippen LogP contribution in [0.2, 0.25) is 0 Å². The highest BCUT2D eigenvalue weighted by atomic mass is 16.3. The molecule has 4 rings (SSSR count). The number of carbonyl (C=O) groups excluding carboxylic acids is 2. The number of fused-ring (bicyclic) bond motifs is 2. The summed E-state index contributed by atoms with van der Waals surface area (Å²) in [4.78, 5) is 24.0. The molecule has 4 N–H and O–H groups in total. The molecule has 36 heavy (non-hydrogen) atoms. The van der Waals surface area contributed by atoms with Gasteiger partial charge in [0.25, 0.3) is 0 Å². The number of carbonyl (C=O) groups is 2. The molecule has 0 saturated carbocycles. The summed E-state index contributed by atoms with van der Waals surface area (Å²) < 4.78 is 0. The second kappa shape index (κ2) is 11.6. The molecule has 0 aliphatic heterocycles. The molecule has 8 heteroatoms. The van der Waals surface area contributed by atoms with Gasteiger partial charge in [-0.3, -0.25) is 9.59 Å². The van der Waals surface area contributed by atoms with E-state index in [1.54, 1.807) is 12.1 Å². The van der Waals surface area contributed by atoms with Crippen LogP contribution in [0.4, 0.5) is 0 Å². The first-order valence-electron chi connectivity index (χ1n) is 11.6. The molecule has 4 aromatic carbocycles. The minimum absolute atomic E-state index is 0.107. The van der Waals surface area contributed by atoms with Gasteiger partial charge >= 0.3 is 0 Å². The molecule has 0 aliphatic rings. The quantitative estimate of drug-likeness (QED) is 0.159. The normalized spacial score (nSPS) is 11.4. The van der Waals surface area contributed by atoms with Crippen LogP contribution < -0.4 is 10.9 Å². The Bertz CT molecular complexity index is 1350. The first kappa shape index (κ1) is 24.4. The monoisotopic (exact) mass is 482 g/mol. The number of hydrazone groups is 2. The van der Waals surface area contributed by atoms with Crippen LogP contribution in [0, 0.1) is 0 Å². The highest BCUT2D eigenvalue weighted by Gasteiger charge is 2.07. The molecular weight excluding hydrogens is 456 g/mol. The highest BCUT2D eigenvalue weighted by Crippen LogP contribution is 2.28. The van der Waals surface area contributed by atoms with Gasteiger partial charge in [0.15, 0.2) is 0 Å². The van der Waals surface area contributed by atoms with E-state index in [9.17, 15) is 19.8 Å². The zero-order chi connectivity index (χ0) is 25.3. The molecule has 8 nitrogen and oxygen atoms in total. The van der Waals surface area contributed by atoms with E-state index in [-0.39, 0.29) is 36.2 Å². The number of hydrogen-bond acceptors (Lipinski definition) is 6. The number of amides is 2. The van der Waals surface area contributed by atoms with Crippen molar-refractivity contribution in [2.24, 2.45) is 10.2 Å². The van der Waals surface area contributed by atoms with E-state index in [1.165, 1.54) is 12.4 Å². The van der Waals surface area contributed by atoms with Gasteiger partial charge in [0, 0.05) is 34.7 Å². The van der Waals surface area contributed by atoms with Gasteiger partial charge in [-0.1, -0.05) is 60.7 Å². The molecule has 4 aromatic rings. The fourth-order valence-electron chi connectivity index (χ4n) is 3.78. The Morgan fingerprint density at radius 3 is 1.50 bits per heavy atom. The average Bonchev–Trinajstić information content (AvgIpc) is 2.89. The van der Waals surface area contributed by atoms with Crippen molar-refractivity contribution in [1.29, 1.82) is 0 Å². The second-order valence-electron chi connectivity index (χ2n) is 8.24. The molecule has 0 bridgehead atoms. The van der Waals surface area contributed by atoms with Gasteiger partial charge < -0.3 is 10.2 Å². The number of aromatic hydroxyl groups is 2. The van der Waals surface area contributed by atoms with Gasteiger partial charge in [-0.15, -0.1) is 0 Å². The molecule has 182 valence electrons. The third kappa shape index (κ3) is 6.04. The zero-order valence-corrected chi connectivity index (χ0v) is 19.5. The lowest BCUT2D eigenvalue weighted by molar-refractivity contribution is -0.123. The average molecular weight is 483 g/mol. The number of benzene rings is 4. The smallest absolute Gasteiger partial charge is 0.240 e. The van der Waals surface area contributed by atoms with Gasteiger partial charge in [-0.25, -0.2) is 10.9 Å². The standard InChI is InChI=1S/C28H26N4O4/c33-25(31-29-17-21-15-13-19-7-1-3-9-23(19)27(21)35)11-5-6-12-26(34)32-30-18-22-16-14-20-8-2-4-10-24(20)28(22)36/h1-4,7-10,13-18,35-36H,5-6,11-12H2,(H,31,33)(H,32,34)/b29-17+,30-18+. The van der Waals surface area contributed by atoms with Crippen molar-refractivity contribution in [1.82, 2.24) is 10.9 Å². The first-order valence-corrected chi connectivity index (χ1v) is 11.6. The molecule has 0 heterocycles. The highest BCUT2D eigenvalue weighted by molar-refractivity contribution is 5.98. The van der Waals surface area contributed by atoms with Crippen LogP contribution in [0.15, 0.2) is 83.0 Å². The van der Waals surface area contributed by atoms with E-state index in [1.807, 2.05) is 60.7 Å². The van der Waals surface area contributed by atoms with Crippen LogP contribution in [-0.2, 0) is 9.59 Å². The van der Waals surface area contributed by atoms with Crippen LogP contribution in [0.3, 0.4) is 0 Å². The van der Waals surface area contributed by atoms with Crippen LogP contribution in [0.25, 0.3) is 21.5 Å². The maximum absolute atomic E-state index is 12.0. The number of phenolic OH excluding ortho intramolecular Hbond substituents is 2. The van der Waals surface area contributed by atoms with Gasteiger partial charge in [-0.2, -0.15) is 10.2 Å². The summed E-state index contributed by atoms with van der Waals surface area (Å²) in [5.41, 5.74) is 5.88. The van der Waals surface area contributed by atoms with Crippen molar-refractivity contribution in [3.63, 3.8) is 0 Å². The lowest BCUT2D eigenvalue weighted by Crippen LogP contribution is -2.19. The number of rotatable bonds is 9. The van der Waals surface area contributed by atoms with Crippen molar-refractivity contribution in [3.8, 4) is 11.5 Å².